The molecule has 0 aliphatic heterocycles. The van der Waals surface area contributed by atoms with Crippen molar-refractivity contribution in [3.05, 3.63) is 41.5 Å². The lowest BCUT2D eigenvalue weighted by Crippen LogP contribution is -2.17. The van der Waals surface area contributed by atoms with Crippen molar-refractivity contribution in [3.63, 3.8) is 0 Å². The first-order chi connectivity index (χ1) is 8.88. The summed E-state index contributed by atoms with van der Waals surface area (Å²) < 4.78 is 0. The Morgan fingerprint density at radius 1 is 1.26 bits per heavy atom. The lowest BCUT2D eigenvalue weighted by Gasteiger charge is -2.25. The van der Waals surface area contributed by atoms with Crippen molar-refractivity contribution in [1.29, 1.82) is 0 Å². The lowest BCUT2D eigenvalue weighted by molar-refractivity contribution is 0.0695. The number of benzene rings is 2. The number of hydrogen-bond acceptors (Lipinski definition) is 2. The summed E-state index contributed by atoms with van der Waals surface area (Å²) >= 11 is 0. The molecule has 0 radical (unpaired) electrons. The summed E-state index contributed by atoms with van der Waals surface area (Å²) in [6, 6.07) is 9.13. The molecule has 0 fully saturated rings. The van der Waals surface area contributed by atoms with Crippen LogP contribution < -0.4 is 0 Å². The molecule has 100 valence electrons. The number of aromatic hydroxyl groups is 1. The fourth-order valence-electron chi connectivity index (χ4n) is 2.26. The van der Waals surface area contributed by atoms with Gasteiger partial charge < -0.3 is 10.2 Å². The van der Waals surface area contributed by atoms with Crippen LogP contribution >= 0.6 is 0 Å². The van der Waals surface area contributed by atoms with Gasteiger partial charge in [-0.1, -0.05) is 45.0 Å². The molecule has 2 aromatic rings. The van der Waals surface area contributed by atoms with Gasteiger partial charge >= 0.3 is 5.97 Å². The van der Waals surface area contributed by atoms with E-state index < -0.39 is 5.97 Å². The van der Waals surface area contributed by atoms with Crippen molar-refractivity contribution in [2.75, 3.05) is 0 Å². The van der Waals surface area contributed by atoms with E-state index in [-0.39, 0.29) is 16.7 Å². The van der Waals surface area contributed by atoms with Crippen molar-refractivity contribution >= 4 is 16.7 Å². The molecular weight excluding hydrogens is 240 g/mol. The van der Waals surface area contributed by atoms with Crippen molar-refractivity contribution in [1.82, 2.24) is 0 Å². The molecule has 0 amide bonds. The highest BCUT2D eigenvalue weighted by Crippen LogP contribution is 2.39. The predicted molar refractivity (Wildman–Crippen MR) is 75.9 cm³/mol. The van der Waals surface area contributed by atoms with Crippen molar-refractivity contribution < 1.29 is 15.0 Å². The van der Waals surface area contributed by atoms with E-state index >= 15 is 0 Å². The summed E-state index contributed by atoms with van der Waals surface area (Å²) in [4.78, 5) is 11.4. The fourth-order valence-corrected chi connectivity index (χ4v) is 2.26. The molecule has 3 nitrogen and oxygen atoms in total. The number of hydrogen-bond donors (Lipinski definition) is 2. The van der Waals surface area contributed by atoms with Gasteiger partial charge in [0.05, 0.1) is 0 Å². The maximum Gasteiger partial charge on any atom is 0.340 e. The van der Waals surface area contributed by atoms with Gasteiger partial charge in [-0.05, 0) is 28.7 Å². The number of carboxylic acid groups (broad SMARTS) is 1. The van der Waals surface area contributed by atoms with E-state index in [2.05, 4.69) is 0 Å². The first kappa shape index (κ1) is 13.4. The van der Waals surface area contributed by atoms with Crippen LogP contribution in [0, 0.1) is 0 Å². The minimum Gasteiger partial charge on any atom is -0.507 e. The highest BCUT2D eigenvalue weighted by Gasteiger charge is 2.27. The van der Waals surface area contributed by atoms with Crippen molar-refractivity contribution in [2.24, 2.45) is 0 Å². The van der Waals surface area contributed by atoms with Gasteiger partial charge in [-0.25, -0.2) is 4.79 Å². The molecule has 0 heterocycles. The smallest absolute Gasteiger partial charge is 0.340 e. The molecule has 19 heavy (non-hydrogen) atoms. The number of rotatable bonds is 3. The van der Waals surface area contributed by atoms with E-state index in [1.807, 2.05) is 39.0 Å². The van der Waals surface area contributed by atoms with Crippen LogP contribution in [0.3, 0.4) is 0 Å². The van der Waals surface area contributed by atoms with E-state index in [1.165, 1.54) is 0 Å². The second kappa shape index (κ2) is 4.57. The SMILES string of the molecule is CCC(C)(C)c1cc2ccccc2c(C(=O)O)c1O. The summed E-state index contributed by atoms with van der Waals surface area (Å²) in [5.74, 6) is -1.21. The molecule has 0 aliphatic carbocycles. The average molecular weight is 258 g/mol. The first-order valence-electron chi connectivity index (χ1n) is 6.37. The molecule has 0 atom stereocenters. The molecule has 3 heteroatoms. The van der Waals surface area contributed by atoms with Gasteiger partial charge in [-0.3, -0.25) is 0 Å². The molecular formula is C16H18O3. The number of aromatic carboxylic acids is 1. The number of fused-ring (bicyclic) bond motifs is 1. The maximum absolute atomic E-state index is 11.4. The van der Waals surface area contributed by atoms with Crippen LogP contribution in [-0.4, -0.2) is 16.2 Å². The van der Waals surface area contributed by atoms with Crippen LogP contribution in [-0.2, 0) is 5.41 Å². The Labute approximate surface area is 112 Å². The highest BCUT2D eigenvalue weighted by molar-refractivity contribution is 6.06. The Morgan fingerprint density at radius 3 is 2.47 bits per heavy atom. The van der Waals surface area contributed by atoms with Crippen molar-refractivity contribution in [2.45, 2.75) is 32.6 Å². The normalized spacial score (nSPS) is 11.7. The third-order valence-electron chi connectivity index (χ3n) is 3.85. The van der Waals surface area contributed by atoms with E-state index in [4.69, 9.17) is 0 Å². The molecule has 2 rings (SSSR count). The summed E-state index contributed by atoms with van der Waals surface area (Å²) in [5.41, 5.74) is 0.416. The second-order valence-corrected chi connectivity index (χ2v) is 5.41. The number of carboxylic acids is 1. The summed E-state index contributed by atoms with van der Waals surface area (Å²) in [6.45, 7) is 6.03. The minimum absolute atomic E-state index is 0.00498. The van der Waals surface area contributed by atoms with E-state index in [9.17, 15) is 15.0 Å². The summed E-state index contributed by atoms with van der Waals surface area (Å²) in [7, 11) is 0. The van der Waals surface area contributed by atoms with Crippen LogP contribution in [0.1, 0.15) is 43.1 Å². The molecule has 0 saturated carbocycles. The molecule has 0 saturated heterocycles. The van der Waals surface area contributed by atoms with Gasteiger partial charge in [0.25, 0.3) is 0 Å². The second-order valence-electron chi connectivity index (χ2n) is 5.41. The zero-order valence-electron chi connectivity index (χ0n) is 11.4. The number of phenols is 1. The molecule has 0 unspecified atom stereocenters. The standard InChI is InChI=1S/C16H18O3/c1-4-16(2,3)12-9-10-7-5-6-8-11(10)13(14(12)17)15(18)19/h5-9,17H,4H2,1-3H3,(H,18,19). The Bertz CT molecular complexity index is 642. The van der Waals surface area contributed by atoms with Crippen LogP contribution in [0.5, 0.6) is 5.75 Å². The molecule has 0 aromatic heterocycles. The van der Waals surface area contributed by atoms with Crippen LogP contribution in [0.2, 0.25) is 0 Å². The van der Waals surface area contributed by atoms with Gasteiger partial charge in [0.2, 0.25) is 0 Å². The molecule has 0 bridgehead atoms. The average Bonchev–Trinajstić information content (AvgIpc) is 2.37. The quantitative estimate of drug-likeness (QED) is 0.877. The van der Waals surface area contributed by atoms with Gasteiger partial charge in [-0.2, -0.15) is 0 Å². The van der Waals surface area contributed by atoms with E-state index in [0.717, 1.165) is 11.8 Å². The minimum atomic E-state index is -1.09. The van der Waals surface area contributed by atoms with Crippen LogP contribution in [0.4, 0.5) is 0 Å². The molecule has 0 aliphatic rings. The third-order valence-corrected chi connectivity index (χ3v) is 3.85. The summed E-state index contributed by atoms with van der Waals surface area (Å²) in [6.07, 6.45) is 0.817. The Hall–Kier alpha value is -2.03. The Kier molecular flexibility index (Phi) is 3.23. The number of carbonyl (C=O) groups is 1. The predicted octanol–water partition coefficient (Wildman–Crippen LogP) is 3.93. The topological polar surface area (TPSA) is 57.5 Å². The third kappa shape index (κ3) is 2.16. The molecule has 2 aromatic carbocycles. The molecule has 2 N–H and O–H groups in total. The highest BCUT2D eigenvalue weighted by atomic mass is 16.4. The zero-order valence-corrected chi connectivity index (χ0v) is 11.4. The lowest BCUT2D eigenvalue weighted by atomic mass is 9.79. The largest absolute Gasteiger partial charge is 0.507 e. The van der Waals surface area contributed by atoms with Gasteiger partial charge in [-0.15, -0.1) is 0 Å². The van der Waals surface area contributed by atoms with Gasteiger partial charge in [0, 0.05) is 5.56 Å². The van der Waals surface area contributed by atoms with Crippen LogP contribution in [0.15, 0.2) is 30.3 Å². The Balaban J connectivity index is 2.89. The van der Waals surface area contributed by atoms with Crippen molar-refractivity contribution in [3.8, 4) is 5.75 Å². The zero-order chi connectivity index (χ0) is 14.2. The van der Waals surface area contributed by atoms with E-state index in [0.29, 0.717) is 10.9 Å². The van der Waals surface area contributed by atoms with Gasteiger partial charge in [0.15, 0.2) is 0 Å². The maximum atomic E-state index is 11.4. The first-order valence-corrected chi connectivity index (χ1v) is 6.37. The fraction of sp³-hybridized carbons (Fsp3) is 0.312. The Morgan fingerprint density at radius 2 is 1.89 bits per heavy atom. The van der Waals surface area contributed by atoms with Crippen LogP contribution in [0.25, 0.3) is 10.8 Å². The summed E-state index contributed by atoms with van der Waals surface area (Å²) in [5, 5.41) is 21.1. The molecule has 0 spiro atoms. The van der Waals surface area contributed by atoms with Gasteiger partial charge in [0.1, 0.15) is 11.3 Å². The van der Waals surface area contributed by atoms with E-state index in [1.54, 1.807) is 12.1 Å². The monoisotopic (exact) mass is 258 g/mol.